The van der Waals surface area contributed by atoms with Crippen LogP contribution in [0.15, 0.2) is 42.5 Å². The van der Waals surface area contributed by atoms with Crippen molar-refractivity contribution in [1.82, 2.24) is 0 Å². The minimum atomic E-state index is -0.365. The highest BCUT2D eigenvalue weighted by atomic mass is 16.7. The van der Waals surface area contributed by atoms with Crippen molar-refractivity contribution in [2.75, 3.05) is 19.2 Å². The summed E-state index contributed by atoms with van der Waals surface area (Å²) >= 11 is 0. The molecule has 0 amide bonds. The van der Waals surface area contributed by atoms with Crippen molar-refractivity contribution < 1.29 is 19.0 Å². The summed E-state index contributed by atoms with van der Waals surface area (Å²) in [5.74, 6) is 1.13. The van der Waals surface area contributed by atoms with E-state index in [0.717, 1.165) is 22.7 Å². The Hall–Kier alpha value is -2.69. The fraction of sp³-hybridized carbons (Fsp3) is 0.188. The molecule has 5 nitrogen and oxygen atoms in total. The highest BCUT2D eigenvalue weighted by Gasteiger charge is 2.17. The molecule has 108 valence electrons. The first kappa shape index (κ1) is 13.3. The Bertz CT molecular complexity index is 669. The minimum absolute atomic E-state index is 0.241. The average Bonchev–Trinajstić information content (AvgIpc) is 3.01. The normalized spacial score (nSPS) is 12.0. The largest absolute Gasteiger partial charge is 0.465 e. The summed E-state index contributed by atoms with van der Waals surface area (Å²) in [6.07, 6.45) is 0. The monoisotopic (exact) mass is 285 g/mol. The lowest BCUT2D eigenvalue weighted by molar-refractivity contribution is 0.0602. The van der Waals surface area contributed by atoms with Crippen molar-refractivity contribution in [3.8, 4) is 11.5 Å². The van der Waals surface area contributed by atoms with Crippen molar-refractivity contribution in [3.05, 3.63) is 53.6 Å². The number of methoxy groups -OCH3 is 1. The van der Waals surface area contributed by atoms with E-state index >= 15 is 0 Å². The topological polar surface area (TPSA) is 56.8 Å². The number of carbonyl (C=O) groups is 1. The molecule has 0 fully saturated rings. The highest BCUT2D eigenvalue weighted by molar-refractivity contribution is 5.95. The van der Waals surface area contributed by atoms with Gasteiger partial charge in [0, 0.05) is 17.8 Å². The SMILES string of the molecule is COC(=O)c1ccccc1NCc1cccc2c1OCO2. The number of rotatable bonds is 4. The van der Waals surface area contributed by atoms with Crippen molar-refractivity contribution in [2.24, 2.45) is 0 Å². The molecule has 0 saturated carbocycles. The zero-order chi connectivity index (χ0) is 14.7. The summed E-state index contributed by atoms with van der Waals surface area (Å²) in [4.78, 5) is 11.7. The lowest BCUT2D eigenvalue weighted by atomic mass is 10.1. The second-order valence-corrected chi connectivity index (χ2v) is 4.54. The first-order valence-electron chi connectivity index (χ1n) is 6.58. The molecule has 1 aliphatic rings. The van der Waals surface area contributed by atoms with Crippen molar-refractivity contribution >= 4 is 11.7 Å². The van der Waals surface area contributed by atoms with E-state index in [1.165, 1.54) is 7.11 Å². The van der Waals surface area contributed by atoms with Gasteiger partial charge in [-0.1, -0.05) is 24.3 Å². The predicted molar refractivity (Wildman–Crippen MR) is 77.7 cm³/mol. The van der Waals surface area contributed by atoms with Crippen LogP contribution in [0.1, 0.15) is 15.9 Å². The Balaban J connectivity index is 1.80. The molecule has 0 saturated heterocycles. The number of ether oxygens (including phenoxy) is 3. The van der Waals surface area contributed by atoms with Gasteiger partial charge >= 0.3 is 5.97 Å². The van der Waals surface area contributed by atoms with E-state index in [2.05, 4.69) is 5.32 Å². The number of anilines is 1. The van der Waals surface area contributed by atoms with Gasteiger partial charge < -0.3 is 19.5 Å². The van der Waals surface area contributed by atoms with Crippen LogP contribution in [0.25, 0.3) is 0 Å². The van der Waals surface area contributed by atoms with Crippen LogP contribution in [-0.2, 0) is 11.3 Å². The van der Waals surface area contributed by atoms with Crippen LogP contribution in [0.3, 0.4) is 0 Å². The van der Waals surface area contributed by atoms with Crippen molar-refractivity contribution in [3.63, 3.8) is 0 Å². The van der Waals surface area contributed by atoms with E-state index in [9.17, 15) is 4.79 Å². The zero-order valence-corrected chi connectivity index (χ0v) is 11.6. The third-order valence-electron chi connectivity index (χ3n) is 3.28. The van der Waals surface area contributed by atoms with Gasteiger partial charge in [0.25, 0.3) is 0 Å². The van der Waals surface area contributed by atoms with E-state index in [1.54, 1.807) is 12.1 Å². The molecular weight excluding hydrogens is 270 g/mol. The number of nitrogens with one attached hydrogen (secondary N) is 1. The summed E-state index contributed by atoms with van der Waals surface area (Å²) < 4.78 is 15.6. The Morgan fingerprint density at radius 2 is 2.05 bits per heavy atom. The van der Waals surface area contributed by atoms with Gasteiger partial charge in [-0.25, -0.2) is 4.79 Å². The lowest BCUT2D eigenvalue weighted by Gasteiger charge is -2.11. The third kappa shape index (κ3) is 2.63. The van der Waals surface area contributed by atoms with Gasteiger partial charge in [0.2, 0.25) is 6.79 Å². The van der Waals surface area contributed by atoms with Gasteiger partial charge in [0.1, 0.15) is 0 Å². The maximum atomic E-state index is 11.7. The van der Waals surface area contributed by atoms with Crippen molar-refractivity contribution in [1.29, 1.82) is 0 Å². The molecule has 0 atom stereocenters. The molecular formula is C16H15NO4. The van der Waals surface area contributed by atoms with Crippen LogP contribution >= 0.6 is 0 Å². The molecule has 21 heavy (non-hydrogen) atoms. The first-order chi connectivity index (χ1) is 10.3. The Morgan fingerprint density at radius 3 is 2.90 bits per heavy atom. The van der Waals surface area contributed by atoms with Crippen LogP contribution in [0.4, 0.5) is 5.69 Å². The molecule has 1 heterocycles. The smallest absolute Gasteiger partial charge is 0.339 e. The summed E-state index contributed by atoms with van der Waals surface area (Å²) in [6, 6.07) is 13.0. The first-order valence-corrected chi connectivity index (χ1v) is 6.58. The molecule has 0 spiro atoms. The Kier molecular flexibility index (Phi) is 3.64. The third-order valence-corrected chi connectivity index (χ3v) is 3.28. The van der Waals surface area contributed by atoms with Crippen LogP contribution in [-0.4, -0.2) is 19.9 Å². The van der Waals surface area contributed by atoms with Gasteiger partial charge in [0.15, 0.2) is 11.5 Å². The number of benzene rings is 2. The van der Waals surface area contributed by atoms with E-state index in [1.807, 2.05) is 30.3 Å². The molecule has 2 aromatic carbocycles. The van der Waals surface area contributed by atoms with Gasteiger partial charge in [-0.3, -0.25) is 0 Å². The van der Waals surface area contributed by atoms with E-state index in [0.29, 0.717) is 12.1 Å². The molecule has 0 unspecified atom stereocenters. The Morgan fingerprint density at radius 1 is 1.19 bits per heavy atom. The average molecular weight is 285 g/mol. The van der Waals surface area contributed by atoms with Crippen LogP contribution in [0.5, 0.6) is 11.5 Å². The molecule has 2 aromatic rings. The fourth-order valence-corrected chi connectivity index (χ4v) is 2.25. The number of fused-ring (bicyclic) bond motifs is 1. The van der Waals surface area contributed by atoms with Gasteiger partial charge in [-0.15, -0.1) is 0 Å². The summed E-state index contributed by atoms with van der Waals surface area (Å²) in [7, 11) is 1.37. The summed E-state index contributed by atoms with van der Waals surface area (Å²) in [6.45, 7) is 0.769. The molecule has 0 aliphatic carbocycles. The lowest BCUT2D eigenvalue weighted by Crippen LogP contribution is -2.08. The maximum absolute atomic E-state index is 11.7. The maximum Gasteiger partial charge on any atom is 0.339 e. The van der Waals surface area contributed by atoms with E-state index in [4.69, 9.17) is 14.2 Å². The minimum Gasteiger partial charge on any atom is -0.465 e. The highest BCUT2D eigenvalue weighted by Crippen LogP contribution is 2.35. The molecule has 3 rings (SSSR count). The number of esters is 1. The number of hydrogen-bond acceptors (Lipinski definition) is 5. The molecule has 0 radical (unpaired) electrons. The van der Waals surface area contributed by atoms with Gasteiger partial charge in [-0.2, -0.15) is 0 Å². The molecule has 5 heteroatoms. The van der Waals surface area contributed by atoms with E-state index in [-0.39, 0.29) is 12.8 Å². The van der Waals surface area contributed by atoms with Crippen LogP contribution in [0.2, 0.25) is 0 Å². The number of para-hydroxylation sites is 2. The van der Waals surface area contributed by atoms with E-state index < -0.39 is 0 Å². The van der Waals surface area contributed by atoms with Crippen LogP contribution in [0, 0.1) is 0 Å². The van der Waals surface area contributed by atoms with Crippen molar-refractivity contribution in [2.45, 2.75) is 6.54 Å². The van der Waals surface area contributed by atoms with Gasteiger partial charge in [0.05, 0.1) is 12.7 Å². The van der Waals surface area contributed by atoms with Gasteiger partial charge in [-0.05, 0) is 18.2 Å². The number of hydrogen-bond donors (Lipinski definition) is 1. The van der Waals surface area contributed by atoms with Crippen LogP contribution < -0.4 is 14.8 Å². The Labute approximate surface area is 122 Å². The molecule has 1 aliphatic heterocycles. The number of carbonyl (C=O) groups excluding carboxylic acids is 1. The second-order valence-electron chi connectivity index (χ2n) is 4.54. The second kappa shape index (κ2) is 5.75. The quantitative estimate of drug-likeness (QED) is 0.875. The standard InChI is InChI=1S/C16H15NO4/c1-19-16(18)12-6-2-3-7-13(12)17-9-11-5-4-8-14-15(11)21-10-20-14/h2-8,17H,9-10H2,1H3. The summed E-state index contributed by atoms with van der Waals surface area (Å²) in [5.41, 5.74) is 2.20. The molecule has 1 N–H and O–H groups in total. The molecule has 0 aromatic heterocycles. The predicted octanol–water partition coefficient (Wildman–Crippen LogP) is 2.81. The summed E-state index contributed by atoms with van der Waals surface area (Å²) in [5, 5.41) is 3.24. The molecule has 0 bridgehead atoms. The fourth-order valence-electron chi connectivity index (χ4n) is 2.25. The zero-order valence-electron chi connectivity index (χ0n) is 11.6.